The largest absolute Gasteiger partial charge is 0.370 e. The summed E-state index contributed by atoms with van der Waals surface area (Å²) < 4.78 is 5.89. The second-order valence-electron chi connectivity index (χ2n) is 5.13. The van der Waals surface area contributed by atoms with Crippen LogP contribution >= 0.6 is 0 Å². The molecule has 1 aromatic heterocycles. The molecule has 0 bridgehead atoms. The smallest absolute Gasteiger partial charge is 0.132 e. The van der Waals surface area contributed by atoms with Crippen LogP contribution in [0.3, 0.4) is 0 Å². The van der Waals surface area contributed by atoms with Crippen LogP contribution in [-0.4, -0.2) is 29.7 Å². The molecule has 1 aromatic carbocycles. The van der Waals surface area contributed by atoms with Gasteiger partial charge < -0.3 is 9.64 Å². The summed E-state index contributed by atoms with van der Waals surface area (Å²) in [7, 11) is 0. The van der Waals surface area contributed by atoms with E-state index in [1.807, 2.05) is 26.0 Å². The highest BCUT2D eigenvalue weighted by atomic mass is 16.5. The fourth-order valence-corrected chi connectivity index (χ4v) is 2.59. The van der Waals surface area contributed by atoms with Crippen molar-refractivity contribution in [1.29, 1.82) is 0 Å². The summed E-state index contributed by atoms with van der Waals surface area (Å²) in [4.78, 5) is 11.2. The molecule has 0 radical (unpaired) electrons. The van der Waals surface area contributed by atoms with Crippen LogP contribution in [0.5, 0.6) is 0 Å². The lowest BCUT2D eigenvalue weighted by molar-refractivity contribution is 0.0395. The Bertz CT molecular complexity index is 565. The molecule has 1 saturated heterocycles. The molecule has 2 heterocycles. The molecule has 3 rings (SSSR count). The summed E-state index contributed by atoms with van der Waals surface area (Å²) in [5.41, 5.74) is 2.23. The lowest BCUT2D eigenvalue weighted by atomic mass is 10.1. The van der Waals surface area contributed by atoms with Gasteiger partial charge in [0.15, 0.2) is 0 Å². The van der Waals surface area contributed by atoms with Gasteiger partial charge in [-0.2, -0.15) is 0 Å². The van der Waals surface area contributed by atoms with Gasteiger partial charge in [-0.25, -0.2) is 9.97 Å². The summed E-state index contributed by atoms with van der Waals surface area (Å²) in [5, 5.41) is 0. The molecule has 0 N–H and O–H groups in total. The monoisotopic (exact) mass is 269 g/mol. The molecule has 1 aliphatic rings. The number of rotatable bonds is 2. The van der Waals surface area contributed by atoms with E-state index < -0.39 is 0 Å². The Labute approximate surface area is 119 Å². The van der Waals surface area contributed by atoms with Crippen molar-refractivity contribution >= 4 is 5.82 Å². The topological polar surface area (TPSA) is 38.2 Å². The quantitative estimate of drug-likeness (QED) is 0.840. The van der Waals surface area contributed by atoms with Gasteiger partial charge in [-0.1, -0.05) is 30.3 Å². The van der Waals surface area contributed by atoms with Gasteiger partial charge in [-0.05, 0) is 19.4 Å². The van der Waals surface area contributed by atoms with Gasteiger partial charge in [0.25, 0.3) is 0 Å². The molecule has 20 heavy (non-hydrogen) atoms. The van der Waals surface area contributed by atoms with Crippen molar-refractivity contribution < 1.29 is 4.74 Å². The van der Waals surface area contributed by atoms with Gasteiger partial charge in [0, 0.05) is 24.8 Å². The molecule has 0 saturated carbocycles. The van der Waals surface area contributed by atoms with E-state index in [1.54, 1.807) is 0 Å². The normalized spacial score (nSPS) is 19.1. The summed E-state index contributed by atoms with van der Waals surface area (Å²) >= 11 is 0. The van der Waals surface area contributed by atoms with Gasteiger partial charge in [0.2, 0.25) is 0 Å². The average Bonchev–Trinajstić information content (AvgIpc) is 2.47. The minimum absolute atomic E-state index is 0.112. The molecule has 2 aromatic rings. The van der Waals surface area contributed by atoms with Crippen LogP contribution in [0, 0.1) is 13.8 Å². The van der Waals surface area contributed by atoms with Crippen molar-refractivity contribution in [3.63, 3.8) is 0 Å². The standard InChI is InChI=1S/C16H19N3O/c1-12-10-16(18-13(2)17-12)19-8-9-20-15(11-19)14-6-4-3-5-7-14/h3-7,10,15H,8-9,11H2,1-2H3/t15-/m1/s1. The first-order chi connectivity index (χ1) is 9.72. The zero-order valence-electron chi connectivity index (χ0n) is 11.9. The molecule has 1 fully saturated rings. The maximum atomic E-state index is 5.89. The number of hydrogen-bond acceptors (Lipinski definition) is 4. The second-order valence-corrected chi connectivity index (χ2v) is 5.13. The van der Waals surface area contributed by atoms with Crippen molar-refractivity contribution in [2.24, 2.45) is 0 Å². The van der Waals surface area contributed by atoms with Gasteiger partial charge >= 0.3 is 0 Å². The zero-order chi connectivity index (χ0) is 13.9. The number of aromatic nitrogens is 2. The predicted octanol–water partition coefficient (Wildman–Crippen LogP) is 2.67. The summed E-state index contributed by atoms with van der Waals surface area (Å²) in [6.07, 6.45) is 0.112. The number of aryl methyl sites for hydroxylation is 2. The summed E-state index contributed by atoms with van der Waals surface area (Å²) in [6, 6.07) is 12.4. The number of hydrogen-bond donors (Lipinski definition) is 0. The highest BCUT2D eigenvalue weighted by molar-refractivity contribution is 5.41. The average molecular weight is 269 g/mol. The summed E-state index contributed by atoms with van der Waals surface area (Å²) in [6.45, 7) is 6.37. The molecular formula is C16H19N3O. The number of anilines is 1. The number of nitrogens with zero attached hydrogens (tertiary/aromatic N) is 3. The van der Waals surface area contributed by atoms with Crippen LogP contribution in [-0.2, 0) is 4.74 Å². The highest BCUT2D eigenvalue weighted by Crippen LogP contribution is 2.25. The van der Waals surface area contributed by atoms with Gasteiger partial charge in [0.1, 0.15) is 17.7 Å². The van der Waals surface area contributed by atoms with Crippen LogP contribution in [0.4, 0.5) is 5.82 Å². The Morgan fingerprint density at radius 3 is 2.70 bits per heavy atom. The van der Waals surface area contributed by atoms with Crippen molar-refractivity contribution in [3.05, 3.63) is 53.5 Å². The van der Waals surface area contributed by atoms with Crippen molar-refractivity contribution in [1.82, 2.24) is 9.97 Å². The molecule has 4 heteroatoms. The Morgan fingerprint density at radius 2 is 1.95 bits per heavy atom. The van der Waals surface area contributed by atoms with E-state index in [0.717, 1.165) is 37.0 Å². The predicted molar refractivity (Wildman–Crippen MR) is 78.9 cm³/mol. The van der Waals surface area contributed by atoms with Crippen molar-refractivity contribution in [3.8, 4) is 0 Å². The fraction of sp³-hybridized carbons (Fsp3) is 0.375. The Kier molecular flexibility index (Phi) is 3.65. The molecular weight excluding hydrogens is 250 g/mol. The minimum Gasteiger partial charge on any atom is -0.370 e. The molecule has 0 spiro atoms. The van der Waals surface area contributed by atoms with E-state index in [4.69, 9.17) is 4.74 Å². The van der Waals surface area contributed by atoms with Crippen molar-refractivity contribution in [2.45, 2.75) is 20.0 Å². The minimum atomic E-state index is 0.112. The lowest BCUT2D eigenvalue weighted by Crippen LogP contribution is -2.39. The molecule has 0 amide bonds. The lowest BCUT2D eigenvalue weighted by Gasteiger charge is -2.34. The molecule has 1 aliphatic heterocycles. The number of morpholine rings is 1. The molecule has 0 unspecified atom stereocenters. The highest BCUT2D eigenvalue weighted by Gasteiger charge is 2.23. The molecule has 1 atom stereocenters. The van der Waals surface area contributed by atoms with Gasteiger partial charge in [0.05, 0.1) is 6.61 Å². The second kappa shape index (κ2) is 5.59. The van der Waals surface area contributed by atoms with Crippen LogP contribution in [0.1, 0.15) is 23.2 Å². The van der Waals surface area contributed by atoms with E-state index in [-0.39, 0.29) is 6.10 Å². The first kappa shape index (κ1) is 13.1. The molecule has 0 aliphatic carbocycles. The van der Waals surface area contributed by atoms with Crippen LogP contribution in [0.25, 0.3) is 0 Å². The van der Waals surface area contributed by atoms with Crippen LogP contribution < -0.4 is 4.90 Å². The Morgan fingerprint density at radius 1 is 1.15 bits per heavy atom. The number of ether oxygens (including phenoxy) is 1. The van der Waals surface area contributed by atoms with E-state index in [1.165, 1.54) is 5.56 Å². The van der Waals surface area contributed by atoms with E-state index in [0.29, 0.717) is 0 Å². The SMILES string of the molecule is Cc1cc(N2CCO[C@@H](c3ccccc3)C2)nc(C)n1. The van der Waals surface area contributed by atoms with E-state index in [9.17, 15) is 0 Å². The Hall–Kier alpha value is -1.94. The first-order valence-electron chi connectivity index (χ1n) is 6.96. The van der Waals surface area contributed by atoms with Crippen LogP contribution in [0.2, 0.25) is 0 Å². The molecule has 4 nitrogen and oxygen atoms in total. The van der Waals surface area contributed by atoms with Crippen LogP contribution in [0.15, 0.2) is 36.4 Å². The summed E-state index contributed by atoms with van der Waals surface area (Å²) in [5.74, 6) is 1.82. The number of benzene rings is 1. The maximum absolute atomic E-state index is 5.89. The fourth-order valence-electron chi connectivity index (χ4n) is 2.59. The third-order valence-corrected chi connectivity index (χ3v) is 3.51. The van der Waals surface area contributed by atoms with Gasteiger partial charge in [-0.15, -0.1) is 0 Å². The molecule has 104 valence electrons. The van der Waals surface area contributed by atoms with Gasteiger partial charge in [-0.3, -0.25) is 0 Å². The third-order valence-electron chi connectivity index (χ3n) is 3.51. The maximum Gasteiger partial charge on any atom is 0.132 e. The van der Waals surface area contributed by atoms with E-state index in [2.05, 4.69) is 39.1 Å². The third kappa shape index (κ3) is 2.80. The Balaban J connectivity index is 1.81. The first-order valence-corrected chi connectivity index (χ1v) is 6.96. The zero-order valence-corrected chi connectivity index (χ0v) is 11.9. The van der Waals surface area contributed by atoms with Crippen molar-refractivity contribution in [2.75, 3.05) is 24.6 Å². The van der Waals surface area contributed by atoms with E-state index >= 15 is 0 Å².